The SMILES string of the molecule is COc1cc(C(=O)Nc2ccc(N3CCN(C4CCCCC4)C3=O)nc2)ccc1C. The van der Waals surface area contributed by atoms with Gasteiger partial charge in [-0.15, -0.1) is 0 Å². The minimum absolute atomic E-state index is 0.0398. The summed E-state index contributed by atoms with van der Waals surface area (Å²) < 4.78 is 5.29. The Labute approximate surface area is 177 Å². The number of aryl methyl sites for hydroxylation is 1. The van der Waals surface area contributed by atoms with Crippen molar-refractivity contribution in [3.8, 4) is 5.75 Å². The van der Waals surface area contributed by atoms with Gasteiger partial charge in [-0.2, -0.15) is 0 Å². The third-order valence-electron chi connectivity index (χ3n) is 6.01. The Morgan fingerprint density at radius 3 is 2.63 bits per heavy atom. The van der Waals surface area contributed by atoms with Crippen LogP contribution in [0.25, 0.3) is 0 Å². The quantitative estimate of drug-likeness (QED) is 0.804. The van der Waals surface area contributed by atoms with Gasteiger partial charge in [0.25, 0.3) is 5.91 Å². The average molecular weight is 409 g/mol. The Bertz CT molecular complexity index is 923. The smallest absolute Gasteiger partial charge is 0.326 e. The predicted molar refractivity (Wildman–Crippen MR) is 116 cm³/mol. The highest BCUT2D eigenvalue weighted by atomic mass is 16.5. The fraction of sp³-hybridized carbons (Fsp3) is 0.435. The van der Waals surface area contributed by atoms with Crippen molar-refractivity contribution in [3.05, 3.63) is 47.7 Å². The van der Waals surface area contributed by atoms with Crippen LogP contribution in [-0.4, -0.2) is 48.1 Å². The number of ether oxygens (including phenoxy) is 1. The number of methoxy groups -OCH3 is 1. The van der Waals surface area contributed by atoms with Crippen LogP contribution in [0.5, 0.6) is 5.75 Å². The number of hydrogen-bond donors (Lipinski definition) is 1. The van der Waals surface area contributed by atoms with Crippen molar-refractivity contribution < 1.29 is 14.3 Å². The van der Waals surface area contributed by atoms with Gasteiger partial charge in [-0.05, 0) is 49.6 Å². The number of amides is 3. The molecule has 7 heteroatoms. The van der Waals surface area contributed by atoms with Crippen LogP contribution in [0.3, 0.4) is 0 Å². The molecular weight excluding hydrogens is 380 g/mol. The van der Waals surface area contributed by atoms with Gasteiger partial charge in [-0.1, -0.05) is 25.3 Å². The van der Waals surface area contributed by atoms with E-state index in [4.69, 9.17) is 4.74 Å². The lowest BCUT2D eigenvalue weighted by atomic mass is 9.94. The molecule has 0 bridgehead atoms. The Hall–Kier alpha value is -3.09. The molecule has 158 valence electrons. The number of aromatic nitrogens is 1. The number of anilines is 2. The van der Waals surface area contributed by atoms with Crippen molar-refractivity contribution in [1.29, 1.82) is 0 Å². The molecule has 0 spiro atoms. The largest absolute Gasteiger partial charge is 0.496 e. The standard InChI is InChI=1S/C23H28N4O3/c1-16-8-9-17(14-20(16)30-2)22(28)25-18-10-11-21(24-15-18)27-13-12-26(23(27)29)19-6-4-3-5-7-19/h8-11,14-15,19H,3-7,12-13H2,1-2H3,(H,25,28). The van der Waals surface area contributed by atoms with Gasteiger partial charge in [0.05, 0.1) is 19.0 Å². The molecular formula is C23H28N4O3. The zero-order valence-electron chi connectivity index (χ0n) is 17.6. The second-order valence-corrected chi connectivity index (χ2v) is 7.96. The third kappa shape index (κ3) is 4.10. The normalized spacial score (nSPS) is 17.3. The molecule has 3 amide bonds. The van der Waals surface area contributed by atoms with Gasteiger partial charge in [0.15, 0.2) is 0 Å². The van der Waals surface area contributed by atoms with Crippen LogP contribution in [0.2, 0.25) is 0 Å². The molecule has 1 aromatic heterocycles. The summed E-state index contributed by atoms with van der Waals surface area (Å²) in [5.41, 5.74) is 2.07. The van der Waals surface area contributed by atoms with Crippen molar-refractivity contribution in [2.24, 2.45) is 0 Å². The molecule has 4 rings (SSSR count). The molecule has 1 aromatic carbocycles. The third-order valence-corrected chi connectivity index (χ3v) is 6.01. The molecule has 1 saturated carbocycles. The summed E-state index contributed by atoms with van der Waals surface area (Å²) in [6.45, 7) is 3.33. The summed E-state index contributed by atoms with van der Waals surface area (Å²) in [6.07, 6.45) is 7.47. The number of rotatable bonds is 5. The minimum atomic E-state index is -0.233. The van der Waals surface area contributed by atoms with E-state index < -0.39 is 0 Å². The van der Waals surface area contributed by atoms with Crippen LogP contribution < -0.4 is 15.0 Å². The zero-order valence-corrected chi connectivity index (χ0v) is 17.6. The Morgan fingerprint density at radius 2 is 1.93 bits per heavy atom. The Morgan fingerprint density at radius 1 is 1.13 bits per heavy atom. The molecule has 1 saturated heterocycles. The lowest BCUT2D eigenvalue weighted by Gasteiger charge is -2.30. The number of carbonyl (C=O) groups excluding carboxylic acids is 2. The van der Waals surface area contributed by atoms with E-state index in [2.05, 4.69) is 10.3 Å². The molecule has 2 heterocycles. The number of urea groups is 1. The molecule has 7 nitrogen and oxygen atoms in total. The number of nitrogens with one attached hydrogen (secondary N) is 1. The molecule has 0 unspecified atom stereocenters. The topological polar surface area (TPSA) is 74.8 Å². The highest BCUT2D eigenvalue weighted by Crippen LogP contribution is 2.28. The second kappa shape index (κ2) is 8.73. The van der Waals surface area contributed by atoms with E-state index in [1.54, 1.807) is 42.5 Å². The van der Waals surface area contributed by atoms with Crippen molar-refractivity contribution >= 4 is 23.4 Å². The molecule has 2 fully saturated rings. The molecule has 2 aromatic rings. The van der Waals surface area contributed by atoms with Gasteiger partial charge in [0.1, 0.15) is 11.6 Å². The summed E-state index contributed by atoms with van der Waals surface area (Å²) in [7, 11) is 1.59. The van der Waals surface area contributed by atoms with Crippen LogP contribution in [0.4, 0.5) is 16.3 Å². The number of carbonyl (C=O) groups is 2. The van der Waals surface area contributed by atoms with Crippen LogP contribution in [0.1, 0.15) is 48.0 Å². The minimum Gasteiger partial charge on any atom is -0.496 e. The molecule has 1 N–H and O–H groups in total. The number of benzene rings is 1. The Balaban J connectivity index is 1.40. The van der Waals surface area contributed by atoms with Crippen molar-refractivity contribution in [1.82, 2.24) is 9.88 Å². The van der Waals surface area contributed by atoms with E-state index in [9.17, 15) is 9.59 Å². The van der Waals surface area contributed by atoms with E-state index in [0.717, 1.165) is 24.9 Å². The summed E-state index contributed by atoms with van der Waals surface area (Å²) in [6, 6.07) is 9.30. The fourth-order valence-electron chi connectivity index (χ4n) is 4.28. The van der Waals surface area contributed by atoms with Crippen molar-refractivity contribution in [3.63, 3.8) is 0 Å². The highest BCUT2D eigenvalue weighted by molar-refractivity contribution is 6.04. The maximum Gasteiger partial charge on any atom is 0.326 e. The maximum atomic E-state index is 12.9. The number of nitrogens with zero attached hydrogens (tertiary/aromatic N) is 3. The fourth-order valence-corrected chi connectivity index (χ4v) is 4.28. The van der Waals surface area contributed by atoms with Gasteiger partial charge in [0.2, 0.25) is 0 Å². The number of hydrogen-bond acceptors (Lipinski definition) is 4. The zero-order chi connectivity index (χ0) is 21.1. The summed E-state index contributed by atoms with van der Waals surface area (Å²) >= 11 is 0. The molecule has 0 atom stereocenters. The molecule has 0 radical (unpaired) electrons. The van der Waals surface area contributed by atoms with Crippen LogP contribution >= 0.6 is 0 Å². The first-order chi connectivity index (χ1) is 14.6. The van der Waals surface area contributed by atoms with Crippen LogP contribution in [0, 0.1) is 6.92 Å². The van der Waals surface area contributed by atoms with Gasteiger partial charge in [0, 0.05) is 24.7 Å². The lowest BCUT2D eigenvalue weighted by Crippen LogP contribution is -2.40. The molecule has 30 heavy (non-hydrogen) atoms. The molecule has 1 aliphatic heterocycles. The Kier molecular flexibility index (Phi) is 5.88. The van der Waals surface area contributed by atoms with Crippen LogP contribution in [-0.2, 0) is 0 Å². The lowest BCUT2D eigenvalue weighted by molar-refractivity contribution is 0.102. The summed E-state index contributed by atoms with van der Waals surface area (Å²) in [5, 5.41) is 2.85. The average Bonchev–Trinajstić information content (AvgIpc) is 3.16. The maximum absolute atomic E-state index is 12.9. The van der Waals surface area contributed by atoms with Gasteiger partial charge < -0.3 is 15.0 Å². The van der Waals surface area contributed by atoms with Crippen molar-refractivity contribution in [2.75, 3.05) is 30.4 Å². The van der Waals surface area contributed by atoms with E-state index in [0.29, 0.717) is 35.4 Å². The molecule has 2 aliphatic rings. The van der Waals surface area contributed by atoms with E-state index in [-0.39, 0.29) is 11.9 Å². The highest BCUT2D eigenvalue weighted by Gasteiger charge is 2.35. The van der Waals surface area contributed by atoms with Gasteiger partial charge in [-0.3, -0.25) is 9.69 Å². The molecule has 1 aliphatic carbocycles. The predicted octanol–water partition coefficient (Wildman–Crippen LogP) is 4.23. The first kappa shape index (κ1) is 20.2. The second-order valence-electron chi connectivity index (χ2n) is 7.96. The summed E-state index contributed by atoms with van der Waals surface area (Å²) in [4.78, 5) is 33.6. The summed E-state index contributed by atoms with van der Waals surface area (Å²) in [5.74, 6) is 1.06. The van der Waals surface area contributed by atoms with Gasteiger partial charge in [-0.25, -0.2) is 9.78 Å². The number of pyridine rings is 1. The van der Waals surface area contributed by atoms with E-state index >= 15 is 0 Å². The van der Waals surface area contributed by atoms with Crippen LogP contribution in [0.15, 0.2) is 36.5 Å². The first-order valence-electron chi connectivity index (χ1n) is 10.6. The van der Waals surface area contributed by atoms with Crippen molar-refractivity contribution in [2.45, 2.75) is 45.1 Å². The van der Waals surface area contributed by atoms with Gasteiger partial charge >= 0.3 is 6.03 Å². The first-order valence-corrected chi connectivity index (χ1v) is 10.6. The van der Waals surface area contributed by atoms with E-state index in [1.165, 1.54) is 19.3 Å². The van der Waals surface area contributed by atoms with E-state index in [1.807, 2.05) is 17.9 Å². The monoisotopic (exact) mass is 408 g/mol.